The number of rotatable bonds is 3. The molecule has 0 bridgehead atoms. The SMILES string of the molecule is CN(CC(F)(F)F)C(=O)c1cc(Cl)c(Br)c(S(=O)(=O)Cl)c1. The Kier molecular flexibility index (Phi) is 5.57. The van der Waals surface area contributed by atoms with Crippen LogP contribution in [0.2, 0.25) is 5.02 Å². The second kappa shape index (κ2) is 6.31. The van der Waals surface area contributed by atoms with E-state index in [1.54, 1.807) is 0 Å². The molecule has 0 unspecified atom stereocenters. The molecule has 11 heteroatoms. The van der Waals surface area contributed by atoms with Crippen LogP contribution in [0.1, 0.15) is 10.4 Å². The molecular formula is C10H7BrCl2F3NO3S. The average molecular weight is 429 g/mol. The molecule has 0 N–H and O–H groups in total. The number of nitrogens with zero attached hydrogens (tertiary/aromatic N) is 1. The van der Waals surface area contributed by atoms with E-state index in [2.05, 4.69) is 15.9 Å². The van der Waals surface area contributed by atoms with E-state index in [1.165, 1.54) is 0 Å². The predicted octanol–water partition coefficient (Wildman–Crippen LogP) is 3.66. The van der Waals surface area contributed by atoms with Crippen molar-refractivity contribution in [1.82, 2.24) is 4.90 Å². The standard InChI is InChI=1S/C10H7BrCl2F3NO3S/c1-17(4-10(14,15)16)9(18)5-2-6(12)8(11)7(3-5)21(13,19)20/h2-3H,4H2,1H3. The number of amides is 1. The minimum atomic E-state index is -4.58. The quantitative estimate of drug-likeness (QED) is 0.690. The molecule has 0 heterocycles. The molecule has 118 valence electrons. The monoisotopic (exact) mass is 427 g/mol. The van der Waals surface area contributed by atoms with Crippen LogP contribution < -0.4 is 0 Å². The van der Waals surface area contributed by atoms with Crippen LogP contribution >= 0.6 is 38.2 Å². The summed E-state index contributed by atoms with van der Waals surface area (Å²) in [6.07, 6.45) is -4.58. The Balaban J connectivity index is 3.27. The summed E-state index contributed by atoms with van der Waals surface area (Å²) in [6, 6.07) is 1.90. The van der Waals surface area contributed by atoms with Gasteiger partial charge in [0.2, 0.25) is 0 Å². The Bertz CT molecular complexity index is 679. The van der Waals surface area contributed by atoms with Gasteiger partial charge in [0, 0.05) is 23.3 Å². The van der Waals surface area contributed by atoms with E-state index >= 15 is 0 Å². The number of hydrogen-bond donors (Lipinski definition) is 0. The van der Waals surface area contributed by atoms with Gasteiger partial charge < -0.3 is 4.90 Å². The molecule has 1 aromatic carbocycles. The topological polar surface area (TPSA) is 54.5 Å². The number of alkyl halides is 3. The lowest BCUT2D eigenvalue weighted by atomic mass is 10.2. The lowest BCUT2D eigenvalue weighted by molar-refractivity contribution is -0.138. The van der Waals surface area contributed by atoms with Gasteiger partial charge in [0.15, 0.2) is 0 Å². The van der Waals surface area contributed by atoms with Crippen molar-refractivity contribution >= 4 is 53.2 Å². The van der Waals surface area contributed by atoms with E-state index < -0.39 is 32.6 Å². The number of hydrogen-bond acceptors (Lipinski definition) is 3. The van der Waals surface area contributed by atoms with Crippen molar-refractivity contribution < 1.29 is 26.4 Å². The van der Waals surface area contributed by atoms with Crippen molar-refractivity contribution in [2.45, 2.75) is 11.1 Å². The molecule has 1 rings (SSSR count). The molecular weight excluding hydrogens is 422 g/mol. The van der Waals surface area contributed by atoms with Crippen molar-refractivity contribution in [2.75, 3.05) is 13.6 Å². The lowest BCUT2D eigenvalue weighted by Gasteiger charge is -2.19. The molecule has 4 nitrogen and oxygen atoms in total. The first kappa shape index (κ1) is 18.5. The van der Waals surface area contributed by atoms with Gasteiger partial charge in [0.05, 0.1) is 14.4 Å². The van der Waals surface area contributed by atoms with Crippen LogP contribution in [-0.4, -0.2) is 39.0 Å². The number of halogens is 6. The number of benzene rings is 1. The van der Waals surface area contributed by atoms with Gasteiger partial charge in [-0.2, -0.15) is 13.2 Å². The van der Waals surface area contributed by atoms with Gasteiger partial charge in [-0.15, -0.1) is 0 Å². The van der Waals surface area contributed by atoms with Gasteiger partial charge in [-0.1, -0.05) is 11.6 Å². The normalized spacial score (nSPS) is 12.3. The van der Waals surface area contributed by atoms with Crippen LogP contribution in [0.3, 0.4) is 0 Å². The summed E-state index contributed by atoms with van der Waals surface area (Å²) in [5, 5.41) is -0.166. The minimum Gasteiger partial charge on any atom is -0.333 e. The molecule has 0 saturated carbocycles. The Morgan fingerprint density at radius 2 is 1.90 bits per heavy atom. The van der Waals surface area contributed by atoms with E-state index in [4.69, 9.17) is 22.3 Å². The number of carbonyl (C=O) groups excluding carboxylic acids is 1. The number of carbonyl (C=O) groups is 1. The maximum atomic E-state index is 12.2. The third-order valence-electron chi connectivity index (χ3n) is 2.27. The molecule has 0 saturated heterocycles. The summed E-state index contributed by atoms with van der Waals surface area (Å²) in [7, 11) is 1.88. The maximum absolute atomic E-state index is 12.2. The molecule has 0 atom stereocenters. The third kappa shape index (κ3) is 5.01. The molecule has 0 aliphatic carbocycles. The molecule has 1 amide bonds. The molecule has 0 spiro atoms. The van der Waals surface area contributed by atoms with Gasteiger partial charge in [-0.05, 0) is 28.1 Å². The largest absolute Gasteiger partial charge is 0.406 e. The van der Waals surface area contributed by atoms with Crippen LogP contribution in [0, 0.1) is 0 Å². The summed E-state index contributed by atoms with van der Waals surface area (Å²) in [6.45, 7) is -1.48. The first-order valence-electron chi connectivity index (χ1n) is 5.09. The third-order valence-corrected chi connectivity index (χ3v) is 5.26. The molecule has 0 aliphatic rings. The fraction of sp³-hybridized carbons (Fsp3) is 0.300. The zero-order valence-electron chi connectivity index (χ0n) is 10.2. The Morgan fingerprint density at radius 1 is 1.38 bits per heavy atom. The van der Waals surface area contributed by atoms with Crippen molar-refractivity contribution in [3.63, 3.8) is 0 Å². The minimum absolute atomic E-state index is 0.0748. The highest BCUT2D eigenvalue weighted by atomic mass is 79.9. The van der Waals surface area contributed by atoms with Crippen molar-refractivity contribution in [2.24, 2.45) is 0 Å². The maximum Gasteiger partial charge on any atom is 0.406 e. The fourth-order valence-corrected chi connectivity index (χ4v) is 3.81. The van der Waals surface area contributed by atoms with Crippen molar-refractivity contribution in [3.05, 3.63) is 27.2 Å². The summed E-state index contributed by atoms with van der Waals surface area (Å²) in [5.41, 5.74) is -0.325. The van der Waals surface area contributed by atoms with Gasteiger partial charge in [-0.3, -0.25) is 4.79 Å². The first-order chi connectivity index (χ1) is 9.33. The highest BCUT2D eigenvalue weighted by Gasteiger charge is 2.32. The zero-order chi connectivity index (χ0) is 16.6. The Labute approximate surface area is 136 Å². The molecule has 0 aromatic heterocycles. The zero-order valence-corrected chi connectivity index (χ0v) is 14.1. The van der Waals surface area contributed by atoms with Crippen LogP contribution in [0.4, 0.5) is 13.2 Å². The molecule has 0 aliphatic heterocycles. The van der Waals surface area contributed by atoms with E-state index in [0.29, 0.717) is 4.90 Å². The van der Waals surface area contributed by atoms with Crippen molar-refractivity contribution in [3.8, 4) is 0 Å². The molecule has 0 radical (unpaired) electrons. The highest BCUT2D eigenvalue weighted by Crippen LogP contribution is 2.33. The first-order valence-corrected chi connectivity index (χ1v) is 8.57. The van der Waals surface area contributed by atoms with E-state index in [9.17, 15) is 26.4 Å². The summed E-state index contributed by atoms with van der Waals surface area (Å²) >= 11 is 8.63. The predicted molar refractivity (Wildman–Crippen MR) is 75.2 cm³/mol. The fourth-order valence-electron chi connectivity index (χ4n) is 1.43. The molecule has 0 fully saturated rings. The van der Waals surface area contributed by atoms with Crippen LogP contribution in [0.5, 0.6) is 0 Å². The summed E-state index contributed by atoms with van der Waals surface area (Å²) in [5.74, 6) is -1.04. The lowest BCUT2D eigenvalue weighted by Crippen LogP contribution is -2.35. The van der Waals surface area contributed by atoms with E-state index in [0.717, 1.165) is 19.2 Å². The van der Waals surface area contributed by atoms with Crippen LogP contribution in [0.15, 0.2) is 21.5 Å². The summed E-state index contributed by atoms with van der Waals surface area (Å²) in [4.78, 5) is 11.8. The van der Waals surface area contributed by atoms with Crippen LogP contribution in [0.25, 0.3) is 0 Å². The van der Waals surface area contributed by atoms with Crippen molar-refractivity contribution in [1.29, 1.82) is 0 Å². The smallest absolute Gasteiger partial charge is 0.333 e. The van der Waals surface area contributed by atoms with Gasteiger partial charge in [-0.25, -0.2) is 8.42 Å². The van der Waals surface area contributed by atoms with E-state index in [-0.39, 0.29) is 15.1 Å². The molecule has 1 aromatic rings. The second-order valence-corrected chi connectivity index (χ2v) is 7.72. The van der Waals surface area contributed by atoms with Gasteiger partial charge in [0.1, 0.15) is 6.54 Å². The van der Waals surface area contributed by atoms with Gasteiger partial charge in [0.25, 0.3) is 15.0 Å². The Hall–Kier alpha value is -0.510. The Morgan fingerprint density at radius 3 is 2.33 bits per heavy atom. The van der Waals surface area contributed by atoms with Crippen LogP contribution in [-0.2, 0) is 9.05 Å². The molecule has 21 heavy (non-hydrogen) atoms. The highest BCUT2D eigenvalue weighted by molar-refractivity contribution is 9.10. The second-order valence-electron chi connectivity index (χ2n) is 3.98. The van der Waals surface area contributed by atoms with Gasteiger partial charge >= 0.3 is 6.18 Å². The summed E-state index contributed by atoms with van der Waals surface area (Å²) < 4.78 is 59.4. The van der Waals surface area contributed by atoms with E-state index in [1.807, 2.05) is 0 Å². The average Bonchev–Trinajstić information content (AvgIpc) is 2.27.